The number of imidazole rings is 1. The van der Waals surface area contributed by atoms with E-state index in [1.165, 1.54) is 17.8 Å². The first kappa shape index (κ1) is 17.9. The molecule has 7 nitrogen and oxygen atoms in total. The molecule has 0 fully saturated rings. The zero-order chi connectivity index (χ0) is 18.0. The second-order valence-corrected chi connectivity index (χ2v) is 7.36. The molecule has 1 aliphatic heterocycles. The van der Waals surface area contributed by atoms with Crippen LogP contribution in [0.3, 0.4) is 0 Å². The van der Waals surface area contributed by atoms with E-state index < -0.39 is 11.0 Å². The third-order valence-electron chi connectivity index (χ3n) is 4.49. The zero-order valence-electron chi connectivity index (χ0n) is 14.4. The summed E-state index contributed by atoms with van der Waals surface area (Å²) in [6.45, 7) is 4.19. The molecule has 0 unspecified atom stereocenters. The molecule has 1 aliphatic rings. The number of nitro benzene ring substituents is 1. The van der Waals surface area contributed by atoms with Crippen molar-refractivity contribution < 1.29 is 10.0 Å². The quantitative estimate of drug-likeness (QED) is 0.483. The minimum Gasteiger partial charge on any atom is -0.387 e. The molecule has 0 bridgehead atoms. The molecule has 3 rings (SSSR count). The number of thioether (sulfide) groups is 1. The van der Waals surface area contributed by atoms with Gasteiger partial charge < -0.3 is 9.67 Å². The van der Waals surface area contributed by atoms with E-state index in [2.05, 4.69) is 23.4 Å². The van der Waals surface area contributed by atoms with E-state index in [1.807, 2.05) is 0 Å². The van der Waals surface area contributed by atoms with Crippen molar-refractivity contribution in [2.24, 2.45) is 7.05 Å². The largest absolute Gasteiger partial charge is 0.387 e. The normalized spacial score (nSPS) is 15.8. The highest BCUT2D eigenvalue weighted by Gasteiger charge is 2.24. The molecule has 0 spiro atoms. The molecule has 1 aromatic carbocycles. The van der Waals surface area contributed by atoms with Gasteiger partial charge in [0.2, 0.25) is 0 Å². The van der Waals surface area contributed by atoms with Crippen molar-refractivity contribution in [2.45, 2.75) is 31.1 Å². The monoisotopic (exact) mass is 362 g/mol. The fourth-order valence-corrected chi connectivity index (χ4v) is 3.88. The van der Waals surface area contributed by atoms with E-state index in [0.29, 0.717) is 12.1 Å². The third-order valence-corrected chi connectivity index (χ3v) is 5.40. The lowest BCUT2D eigenvalue weighted by Crippen LogP contribution is -2.34. The SMILES string of the molecule is CCSc1nc2c(n1C)CCN(C[C@H](O)c1ccc([N+](=O)[O-])cc1)C2. The first-order valence-electron chi connectivity index (χ1n) is 8.31. The van der Waals surface area contributed by atoms with E-state index in [1.54, 1.807) is 23.9 Å². The Morgan fingerprint density at radius 3 is 2.76 bits per heavy atom. The van der Waals surface area contributed by atoms with Crippen LogP contribution in [0, 0.1) is 10.1 Å². The first-order chi connectivity index (χ1) is 12.0. The van der Waals surface area contributed by atoms with Gasteiger partial charge in [-0.1, -0.05) is 18.7 Å². The zero-order valence-corrected chi connectivity index (χ0v) is 15.2. The first-order valence-corrected chi connectivity index (χ1v) is 9.30. The highest BCUT2D eigenvalue weighted by Crippen LogP contribution is 2.26. The van der Waals surface area contributed by atoms with Crippen LogP contribution in [0.1, 0.15) is 30.0 Å². The summed E-state index contributed by atoms with van der Waals surface area (Å²) < 4.78 is 2.17. The minimum atomic E-state index is -0.671. The fraction of sp³-hybridized carbons (Fsp3) is 0.471. The van der Waals surface area contributed by atoms with E-state index in [-0.39, 0.29) is 5.69 Å². The van der Waals surface area contributed by atoms with Crippen LogP contribution in [0.5, 0.6) is 0 Å². The lowest BCUT2D eigenvalue weighted by molar-refractivity contribution is -0.384. The van der Waals surface area contributed by atoms with Crippen LogP contribution in [0.4, 0.5) is 5.69 Å². The molecule has 8 heteroatoms. The summed E-state index contributed by atoms with van der Waals surface area (Å²) in [5, 5.41) is 22.2. The van der Waals surface area contributed by atoms with E-state index in [9.17, 15) is 15.2 Å². The van der Waals surface area contributed by atoms with Gasteiger partial charge in [-0.25, -0.2) is 4.98 Å². The van der Waals surface area contributed by atoms with Gasteiger partial charge >= 0.3 is 0 Å². The predicted molar refractivity (Wildman–Crippen MR) is 96.6 cm³/mol. The van der Waals surface area contributed by atoms with Crippen LogP contribution in [0.25, 0.3) is 0 Å². The Balaban J connectivity index is 1.66. The Hall–Kier alpha value is -1.90. The second kappa shape index (κ2) is 7.55. The summed E-state index contributed by atoms with van der Waals surface area (Å²) in [6, 6.07) is 6.10. The summed E-state index contributed by atoms with van der Waals surface area (Å²) in [5.41, 5.74) is 3.09. The number of rotatable bonds is 6. The summed E-state index contributed by atoms with van der Waals surface area (Å²) >= 11 is 1.74. The number of non-ortho nitro benzene ring substituents is 1. The molecule has 0 amide bonds. The number of hydrogen-bond acceptors (Lipinski definition) is 6. The maximum absolute atomic E-state index is 10.7. The molecule has 2 heterocycles. The van der Waals surface area contributed by atoms with Gasteiger partial charge in [0.25, 0.3) is 5.69 Å². The number of aliphatic hydroxyl groups is 1. The summed E-state index contributed by atoms with van der Waals surface area (Å²) in [4.78, 5) is 17.2. The van der Waals surface area contributed by atoms with Crippen LogP contribution in [0.2, 0.25) is 0 Å². The van der Waals surface area contributed by atoms with Crippen LogP contribution in [-0.4, -0.2) is 43.3 Å². The summed E-state index contributed by atoms with van der Waals surface area (Å²) in [6.07, 6.45) is 0.242. The molecule has 25 heavy (non-hydrogen) atoms. The van der Waals surface area contributed by atoms with Crippen molar-refractivity contribution in [3.63, 3.8) is 0 Å². The van der Waals surface area contributed by atoms with Gasteiger partial charge in [0.05, 0.1) is 16.7 Å². The standard InChI is InChI=1S/C17H22N4O3S/c1-3-25-17-18-14-10-20(9-8-15(14)19(17)2)11-16(22)12-4-6-13(7-5-12)21(23)24/h4-7,16,22H,3,8-11H2,1-2H3/t16-/m0/s1. The molecule has 1 aromatic heterocycles. The average molecular weight is 362 g/mol. The number of fused-ring (bicyclic) bond motifs is 1. The molecular weight excluding hydrogens is 340 g/mol. The Kier molecular flexibility index (Phi) is 5.41. The van der Waals surface area contributed by atoms with E-state index >= 15 is 0 Å². The highest BCUT2D eigenvalue weighted by molar-refractivity contribution is 7.99. The van der Waals surface area contributed by atoms with Crippen LogP contribution in [-0.2, 0) is 20.0 Å². The van der Waals surface area contributed by atoms with Gasteiger partial charge in [-0.3, -0.25) is 15.0 Å². The topological polar surface area (TPSA) is 84.4 Å². The second-order valence-electron chi connectivity index (χ2n) is 6.13. The van der Waals surface area contributed by atoms with E-state index in [0.717, 1.165) is 36.1 Å². The van der Waals surface area contributed by atoms with Gasteiger partial charge in [-0.15, -0.1) is 0 Å². The van der Waals surface area contributed by atoms with Gasteiger partial charge in [0, 0.05) is 50.9 Å². The Morgan fingerprint density at radius 2 is 2.12 bits per heavy atom. The van der Waals surface area contributed by atoms with Crippen molar-refractivity contribution in [3.8, 4) is 0 Å². The molecule has 0 radical (unpaired) electrons. The highest BCUT2D eigenvalue weighted by atomic mass is 32.2. The van der Waals surface area contributed by atoms with E-state index in [4.69, 9.17) is 4.98 Å². The number of aromatic nitrogens is 2. The molecule has 1 N–H and O–H groups in total. The molecule has 0 aliphatic carbocycles. The molecule has 0 saturated carbocycles. The summed E-state index contributed by atoms with van der Waals surface area (Å²) in [5.74, 6) is 0.992. The van der Waals surface area contributed by atoms with Crippen LogP contribution in [0.15, 0.2) is 29.4 Å². The smallest absolute Gasteiger partial charge is 0.269 e. The van der Waals surface area contributed by atoms with Gasteiger partial charge in [0.15, 0.2) is 5.16 Å². The predicted octanol–water partition coefficient (Wildman–Crippen LogP) is 2.53. The number of aliphatic hydroxyl groups excluding tert-OH is 1. The molecular formula is C17H22N4O3S. The van der Waals surface area contributed by atoms with Crippen molar-refractivity contribution in [1.82, 2.24) is 14.5 Å². The maximum Gasteiger partial charge on any atom is 0.269 e. The Labute approximate surface area is 150 Å². The number of benzene rings is 1. The van der Waals surface area contributed by atoms with Crippen molar-refractivity contribution in [3.05, 3.63) is 51.3 Å². The Morgan fingerprint density at radius 1 is 1.40 bits per heavy atom. The molecule has 0 saturated heterocycles. The minimum absolute atomic E-state index is 0.0352. The molecule has 2 aromatic rings. The van der Waals surface area contributed by atoms with Gasteiger partial charge in [-0.05, 0) is 23.4 Å². The van der Waals surface area contributed by atoms with Crippen LogP contribution >= 0.6 is 11.8 Å². The van der Waals surface area contributed by atoms with Crippen LogP contribution < -0.4 is 0 Å². The molecule has 1 atom stereocenters. The summed E-state index contributed by atoms with van der Waals surface area (Å²) in [7, 11) is 2.06. The van der Waals surface area contributed by atoms with Gasteiger partial charge in [0.1, 0.15) is 0 Å². The fourth-order valence-electron chi connectivity index (χ4n) is 3.14. The average Bonchev–Trinajstić information content (AvgIpc) is 2.91. The van der Waals surface area contributed by atoms with Crippen molar-refractivity contribution in [1.29, 1.82) is 0 Å². The Bertz CT molecular complexity index is 760. The lowest BCUT2D eigenvalue weighted by atomic mass is 10.1. The van der Waals surface area contributed by atoms with Crippen molar-refractivity contribution in [2.75, 3.05) is 18.8 Å². The van der Waals surface area contributed by atoms with Gasteiger partial charge in [-0.2, -0.15) is 0 Å². The third kappa shape index (κ3) is 3.86. The lowest BCUT2D eigenvalue weighted by Gasteiger charge is -2.28. The number of nitrogens with zero attached hydrogens (tertiary/aromatic N) is 4. The number of β-amino-alcohol motifs (C(OH)–C–C–N with tert-alkyl or cyclic N) is 1. The van der Waals surface area contributed by atoms with Crippen molar-refractivity contribution >= 4 is 17.4 Å². The molecule has 134 valence electrons. The number of hydrogen-bond donors (Lipinski definition) is 1. The number of nitro groups is 1. The maximum atomic E-state index is 10.7.